The Bertz CT molecular complexity index is 1320. The molecule has 0 N–H and O–H groups in total. The molecule has 3 rings (SSSR count). The minimum absolute atomic E-state index is 0.163. The molecule has 0 unspecified atom stereocenters. The molecule has 0 spiro atoms. The number of piperazine rings is 1. The van der Waals surface area contributed by atoms with Crippen molar-refractivity contribution in [2.75, 3.05) is 44.3 Å². The molecule has 0 radical (unpaired) electrons. The van der Waals surface area contributed by atoms with Crippen molar-refractivity contribution in [1.82, 2.24) is 14.4 Å². The molecule has 10 nitrogen and oxygen atoms in total. The first kappa shape index (κ1) is 25.9. The molecule has 2 aromatic rings. The Kier molecular flexibility index (Phi) is 8.51. The van der Waals surface area contributed by atoms with Crippen LogP contribution in [0.1, 0.15) is 6.92 Å². The SMILES string of the molecule is C#CCn1c(=NC(=O)CS(=O)(=O)CC(=O)N2CCN(C(=O)OCC)CC2)sc2cc(Br)ccc21. The van der Waals surface area contributed by atoms with Crippen LogP contribution in [0, 0.1) is 12.3 Å². The number of hydrogen-bond acceptors (Lipinski definition) is 7. The maximum atomic E-state index is 12.5. The van der Waals surface area contributed by atoms with E-state index in [1.54, 1.807) is 11.5 Å². The standard InChI is InChI=1S/C21H23BrN4O6S2/c1-3-7-26-16-6-5-15(22)12-17(16)33-20(26)23-18(27)13-34(30,31)14-19(28)24-8-10-25(11-9-24)21(29)32-4-2/h1,5-6,12H,4,7-11,13-14H2,2H3. The Morgan fingerprint density at radius 2 is 1.85 bits per heavy atom. The smallest absolute Gasteiger partial charge is 0.409 e. The quantitative estimate of drug-likeness (QED) is 0.482. The summed E-state index contributed by atoms with van der Waals surface area (Å²) in [6, 6.07) is 5.51. The van der Waals surface area contributed by atoms with Gasteiger partial charge in [0.1, 0.15) is 11.5 Å². The van der Waals surface area contributed by atoms with E-state index >= 15 is 0 Å². The van der Waals surface area contributed by atoms with Crippen molar-refractivity contribution < 1.29 is 27.5 Å². The highest BCUT2D eigenvalue weighted by Crippen LogP contribution is 2.22. The van der Waals surface area contributed by atoms with Crippen LogP contribution in [0.15, 0.2) is 27.7 Å². The topological polar surface area (TPSA) is 118 Å². The van der Waals surface area contributed by atoms with E-state index in [1.807, 2.05) is 18.2 Å². The normalized spacial score (nSPS) is 14.8. The molecular formula is C21H23BrN4O6S2. The van der Waals surface area contributed by atoms with Crippen molar-refractivity contribution >= 4 is 65.2 Å². The van der Waals surface area contributed by atoms with Gasteiger partial charge in [0.2, 0.25) is 5.91 Å². The summed E-state index contributed by atoms with van der Waals surface area (Å²) in [7, 11) is -4.04. The number of fused-ring (bicyclic) bond motifs is 1. The number of aromatic nitrogens is 1. The van der Waals surface area contributed by atoms with Crippen LogP contribution >= 0.6 is 27.3 Å². The van der Waals surface area contributed by atoms with Crippen LogP contribution in [0.3, 0.4) is 0 Å². The molecule has 1 fully saturated rings. The monoisotopic (exact) mass is 570 g/mol. The summed E-state index contributed by atoms with van der Waals surface area (Å²) < 4.78 is 33.3. The lowest BCUT2D eigenvalue weighted by atomic mass is 10.3. The van der Waals surface area contributed by atoms with Crippen molar-refractivity contribution in [2.24, 2.45) is 4.99 Å². The third-order valence-corrected chi connectivity index (χ3v) is 7.87. The number of rotatable bonds is 6. The maximum absolute atomic E-state index is 12.5. The number of halogens is 1. The second-order valence-electron chi connectivity index (χ2n) is 7.39. The van der Waals surface area contributed by atoms with E-state index in [0.29, 0.717) is 0 Å². The van der Waals surface area contributed by atoms with Crippen molar-refractivity contribution in [3.8, 4) is 12.3 Å². The molecule has 0 aliphatic carbocycles. The fourth-order valence-electron chi connectivity index (χ4n) is 3.39. The third kappa shape index (κ3) is 6.46. The molecule has 13 heteroatoms. The lowest BCUT2D eigenvalue weighted by molar-refractivity contribution is -0.130. The molecule has 1 aliphatic heterocycles. The average Bonchev–Trinajstić information content (AvgIpc) is 3.09. The number of amides is 3. The molecule has 0 saturated carbocycles. The lowest BCUT2D eigenvalue weighted by Crippen LogP contribution is -2.52. The van der Waals surface area contributed by atoms with Crippen LogP contribution in [-0.4, -0.2) is 85.0 Å². The molecule has 1 saturated heterocycles. The van der Waals surface area contributed by atoms with E-state index < -0.39 is 39.3 Å². The van der Waals surface area contributed by atoms with E-state index in [2.05, 4.69) is 26.8 Å². The molecule has 3 amide bonds. The van der Waals surface area contributed by atoms with Gasteiger partial charge >= 0.3 is 6.09 Å². The number of ether oxygens (including phenoxy) is 1. The molecule has 182 valence electrons. The lowest BCUT2D eigenvalue weighted by Gasteiger charge is -2.34. The van der Waals surface area contributed by atoms with E-state index in [1.165, 1.54) is 21.1 Å². The minimum Gasteiger partial charge on any atom is -0.450 e. The van der Waals surface area contributed by atoms with Crippen LogP contribution in [0.4, 0.5) is 4.79 Å². The number of nitrogens with zero attached hydrogens (tertiary/aromatic N) is 4. The van der Waals surface area contributed by atoms with Gasteiger partial charge in [0.25, 0.3) is 5.91 Å². The molecular weight excluding hydrogens is 548 g/mol. The van der Waals surface area contributed by atoms with Gasteiger partial charge in [-0.2, -0.15) is 4.99 Å². The van der Waals surface area contributed by atoms with Gasteiger partial charge in [-0.25, -0.2) is 13.2 Å². The first-order chi connectivity index (χ1) is 16.1. The number of hydrogen-bond donors (Lipinski definition) is 0. The zero-order valence-corrected chi connectivity index (χ0v) is 21.6. The first-order valence-corrected chi connectivity index (χ1v) is 13.8. The average molecular weight is 571 g/mol. The van der Waals surface area contributed by atoms with Crippen LogP contribution < -0.4 is 4.80 Å². The number of terminal acetylenes is 1. The predicted molar refractivity (Wildman–Crippen MR) is 131 cm³/mol. The van der Waals surface area contributed by atoms with E-state index in [-0.39, 0.29) is 44.1 Å². The van der Waals surface area contributed by atoms with Crippen LogP contribution in [0.2, 0.25) is 0 Å². The predicted octanol–water partition coefficient (Wildman–Crippen LogP) is 1.24. The molecule has 1 aliphatic rings. The Balaban J connectivity index is 1.67. The van der Waals surface area contributed by atoms with Gasteiger partial charge in [-0.15, -0.1) is 6.42 Å². The van der Waals surface area contributed by atoms with Gasteiger partial charge in [-0.1, -0.05) is 33.2 Å². The molecule has 1 aromatic carbocycles. The second kappa shape index (κ2) is 11.2. The molecule has 0 atom stereocenters. The Hall–Kier alpha value is -2.69. The number of thiazole rings is 1. The highest BCUT2D eigenvalue weighted by atomic mass is 79.9. The van der Waals surface area contributed by atoms with Gasteiger partial charge in [0, 0.05) is 30.7 Å². The first-order valence-electron chi connectivity index (χ1n) is 10.3. The summed E-state index contributed by atoms with van der Waals surface area (Å²) in [6.45, 7) is 2.98. The fraction of sp³-hybridized carbons (Fsp3) is 0.429. The summed E-state index contributed by atoms with van der Waals surface area (Å²) in [5.41, 5.74) is 0.776. The Morgan fingerprint density at radius 3 is 2.50 bits per heavy atom. The van der Waals surface area contributed by atoms with Crippen molar-refractivity contribution in [1.29, 1.82) is 0 Å². The van der Waals surface area contributed by atoms with E-state index in [0.717, 1.165) is 14.7 Å². The van der Waals surface area contributed by atoms with Crippen molar-refractivity contribution in [3.63, 3.8) is 0 Å². The van der Waals surface area contributed by atoms with Gasteiger partial charge < -0.3 is 19.1 Å². The van der Waals surface area contributed by atoms with Crippen LogP contribution in [0.25, 0.3) is 10.2 Å². The number of benzene rings is 1. The van der Waals surface area contributed by atoms with E-state index in [9.17, 15) is 22.8 Å². The van der Waals surface area contributed by atoms with Crippen molar-refractivity contribution in [3.05, 3.63) is 27.5 Å². The van der Waals surface area contributed by atoms with Gasteiger partial charge in [-0.05, 0) is 25.1 Å². The third-order valence-electron chi connectivity index (χ3n) is 4.96. The minimum atomic E-state index is -4.04. The second-order valence-corrected chi connectivity index (χ2v) is 11.4. The molecule has 34 heavy (non-hydrogen) atoms. The van der Waals surface area contributed by atoms with Gasteiger partial charge in [0.15, 0.2) is 14.6 Å². The number of carbonyl (C=O) groups is 3. The summed E-state index contributed by atoms with van der Waals surface area (Å²) in [5.74, 6) is -0.696. The summed E-state index contributed by atoms with van der Waals surface area (Å²) in [6.07, 6.45) is 4.97. The summed E-state index contributed by atoms with van der Waals surface area (Å²) in [5, 5.41) is 0. The highest BCUT2D eigenvalue weighted by Gasteiger charge is 2.28. The molecule has 1 aromatic heterocycles. The van der Waals surface area contributed by atoms with Gasteiger partial charge in [0.05, 0.1) is 23.4 Å². The zero-order chi connectivity index (χ0) is 24.9. The zero-order valence-electron chi connectivity index (χ0n) is 18.4. The Morgan fingerprint density at radius 1 is 1.18 bits per heavy atom. The van der Waals surface area contributed by atoms with E-state index in [4.69, 9.17) is 11.2 Å². The largest absolute Gasteiger partial charge is 0.450 e. The Labute approximate surface area is 209 Å². The number of carbonyl (C=O) groups excluding carboxylic acids is 3. The summed E-state index contributed by atoms with van der Waals surface area (Å²) in [4.78, 5) is 43.8. The molecule has 0 bridgehead atoms. The summed E-state index contributed by atoms with van der Waals surface area (Å²) >= 11 is 4.60. The highest BCUT2D eigenvalue weighted by molar-refractivity contribution is 9.10. The number of sulfone groups is 1. The van der Waals surface area contributed by atoms with Crippen LogP contribution in [0.5, 0.6) is 0 Å². The van der Waals surface area contributed by atoms with Crippen LogP contribution in [-0.2, 0) is 30.7 Å². The fourth-order valence-corrected chi connectivity index (χ4v) is 6.09. The molecule has 2 heterocycles. The van der Waals surface area contributed by atoms with Gasteiger partial charge in [-0.3, -0.25) is 9.59 Å². The maximum Gasteiger partial charge on any atom is 0.409 e. The van der Waals surface area contributed by atoms with Crippen molar-refractivity contribution in [2.45, 2.75) is 13.5 Å².